The molecule has 0 aliphatic carbocycles. The zero-order chi connectivity index (χ0) is 19.5. The number of imidazole rings is 1. The van der Waals surface area contributed by atoms with E-state index in [1.807, 2.05) is 6.92 Å². The number of aliphatic hydroxyl groups excluding tert-OH is 1. The second-order valence-electron chi connectivity index (χ2n) is 7.04. The molecular weight excluding hydrogens is 356 g/mol. The van der Waals surface area contributed by atoms with Gasteiger partial charge in [-0.2, -0.15) is 4.31 Å². The topological polar surface area (TPSA) is 127 Å². The third-order valence-corrected chi connectivity index (χ3v) is 5.35. The van der Waals surface area contributed by atoms with Crippen molar-refractivity contribution in [2.75, 3.05) is 25.1 Å². The predicted octanol–water partition coefficient (Wildman–Crippen LogP) is 0.616. The summed E-state index contributed by atoms with van der Waals surface area (Å²) in [5.41, 5.74) is 7.44. The molecule has 1 unspecified atom stereocenters. The second kappa shape index (κ2) is 8.28. The van der Waals surface area contributed by atoms with E-state index in [1.54, 1.807) is 10.7 Å². The van der Waals surface area contributed by atoms with Gasteiger partial charge in [0.25, 0.3) is 0 Å². The van der Waals surface area contributed by atoms with Crippen molar-refractivity contribution in [1.29, 1.82) is 0 Å². The van der Waals surface area contributed by atoms with E-state index in [0.29, 0.717) is 18.9 Å². The van der Waals surface area contributed by atoms with Crippen molar-refractivity contribution >= 4 is 21.5 Å². The molecule has 0 radical (unpaired) electrons. The van der Waals surface area contributed by atoms with Crippen LogP contribution in [0, 0.1) is 12.8 Å². The van der Waals surface area contributed by atoms with E-state index in [0.717, 1.165) is 29.9 Å². The summed E-state index contributed by atoms with van der Waals surface area (Å²) in [5, 5.41) is 13.3. The number of piperidine rings is 1. The zero-order valence-corrected chi connectivity index (χ0v) is 16.6. The Labute approximate surface area is 154 Å². The Hall–Kier alpha value is -1.78. The van der Waals surface area contributed by atoms with Crippen molar-refractivity contribution < 1.29 is 13.5 Å². The van der Waals surface area contributed by atoms with Crippen LogP contribution in [0.15, 0.2) is 6.20 Å². The van der Waals surface area contributed by atoms with Crippen molar-refractivity contribution in [3.05, 3.63) is 17.7 Å². The van der Waals surface area contributed by atoms with Gasteiger partial charge in [-0.05, 0) is 25.7 Å². The van der Waals surface area contributed by atoms with Crippen molar-refractivity contribution in [2.45, 2.75) is 46.1 Å². The molecule has 1 atom stereocenters. The lowest BCUT2D eigenvalue weighted by Crippen LogP contribution is -2.41. The average Bonchev–Trinajstić information content (AvgIpc) is 2.82. The number of fused-ring (bicyclic) bond motifs is 1. The normalized spacial score (nSPS) is 18.8. The summed E-state index contributed by atoms with van der Waals surface area (Å²) in [6.45, 7) is 7.08. The Balaban J connectivity index is 0.000000197. The fourth-order valence-corrected chi connectivity index (χ4v) is 3.73. The van der Waals surface area contributed by atoms with Crippen LogP contribution < -0.4 is 5.73 Å². The maximum Gasteiger partial charge on any atom is 0.238 e. The first kappa shape index (κ1) is 20.5. The fraction of sp³-hybridized carbons (Fsp3) is 0.688. The summed E-state index contributed by atoms with van der Waals surface area (Å²) in [5.74, 6) is 1.78. The smallest absolute Gasteiger partial charge is 0.238 e. The predicted molar refractivity (Wildman–Crippen MR) is 100 cm³/mol. The number of hydrogen-bond acceptors (Lipinski definition) is 7. The van der Waals surface area contributed by atoms with Gasteiger partial charge >= 0.3 is 0 Å². The van der Waals surface area contributed by atoms with Crippen LogP contribution in [-0.2, 0) is 16.4 Å². The lowest BCUT2D eigenvalue weighted by molar-refractivity contribution is 0.108. The number of aryl methyl sites for hydroxylation is 1. The Kier molecular flexibility index (Phi) is 6.53. The molecule has 1 fully saturated rings. The maximum atomic E-state index is 10.9. The van der Waals surface area contributed by atoms with E-state index in [4.69, 9.17) is 10.8 Å². The summed E-state index contributed by atoms with van der Waals surface area (Å²) in [6, 6.07) is 0. The molecule has 146 valence electrons. The van der Waals surface area contributed by atoms with E-state index >= 15 is 0 Å². The average molecular weight is 385 g/mol. The van der Waals surface area contributed by atoms with Crippen LogP contribution in [0.3, 0.4) is 0 Å². The Morgan fingerprint density at radius 3 is 2.65 bits per heavy atom. The molecule has 3 heterocycles. The Morgan fingerprint density at radius 2 is 2.12 bits per heavy atom. The maximum absolute atomic E-state index is 10.9. The van der Waals surface area contributed by atoms with E-state index in [2.05, 4.69) is 28.9 Å². The third-order valence-electron chi connectivity index (χ3n) is 4.08. The highest BCUT2D eigenvalue weighted by molar-refractivity contribution is 7.88. The molecule has 3 N–H and O–H groups in total. The van der Waals surface area contributed by atoms with Gasteiger partial charge in [-0.1, -0.05) is 13.8 Å². The molecule has 26 heavy (non-hydrogen) atoms. The zero-order valence-electron chi connectivity index (χ0n) is 15.8. The SMILES string of the molecule is CS(=O)(=O)N1CCCC(O)C1.Cc1nc(CC(C)C)n2nc(N)ncc12. The molecule has 2 aromatic heterocycles. The number of nitrogens with zero attached hydrogens (tertiary/aromatic N) is 5. The summed E-state index contributed by atoms with van der Waals surface area (Å²) < 4.78 is 25.0. The molecule has 0 aromatic carbocycles. The van der Waals surface area contributed by atoms with Gasteiger partial charge in [0, 0.05) is 19.5 Å². The minimum Gasteiger partial charge on any atom is -0.392 e. The van der Waals surface area contributed by atoms with Crippen LogP contribution in [0.25, 0.3) is 5.52 Å². The van der Waals surface area contributed by atoms with Gasteiger partial charge < -0.3 is 10.8 Å². The fourth-order valence-electron chi connectivity index (χ4n) is 2.83. The van der Waals surface area contributed by atoms with Gasteiger partial charge in [-0.15, -0.1) is 5.10 Å². The molecule has 3 rings (SSSR count). The molecule has 1 aliphatic rings. The van der Waals surface area contributed by atoms with Crippen LogP contribution in [0.1, 0.15) is 38.2 Å². The number of nitrogens with two attached hydrogens (primary N) is 1. The molecular formula is C16H28N6O3S. The minimum absolute atomic E-state index is 0.263. The lowest BCUT2D eigenvalue weighted by Gasteiger charge is -2.27. The minimum atomic E-state index is -3.09. The quantitative estimate of drug-likeness (QED) is 0.794. The second-order valence-corrected chi connectivity index (χ2v) is 9.02. The Morgan fingerprint density at radius 1 is 1.42 bits per heavy atom. The summed E-state index contributed by atoms with van der Waals surface area (Å²) >= 11 is 0. The standard InChI is InChI=1S/C10H15N5.C6H13NO3S/c1-6(2)4-9-13-7(3)8-5-12-10(11)14-15(8)9;1-11(9,10)7-4-2-3-6(8)5-7/h5-6H,4H2,1-3H3,(H2,11,14);6,8H,2-5H2,1H3. The number of nitrogen functional groups attached to an aromatic ring is 1. The third kappa shape index (κ3) is 5.36. The first-order chi connectivity index (χ1) is 12.1. The summed E-state index contributed by atoms with van der Waals surface area (Å²) in [7, 11) is -3.09. The van der Waals surface area contributed by atoms with Gasteiger partial charge in [-0.3, -0.25) is 0 Å². The first-order valence-corrected chi connectivity index (χ1v) is 10.5. The van der Waals surface area contributed by atoms with Gasteiger partial charge in [0.2, 0.25) is 16.0 Å². The molecule has 0 spiro atoms. The van der Waals surface area contributed by atoms with E-state index in [1.165, 1.54) is 10.6 Å². The van der Waals surface area contributed by atoms with Crippen molar-refractivity contribution in [2.24, 2.45) is 5.92 Å². The highest BCUT2D eigenvalue weighted by Gasteiger charge is 2.23. The molecule has 10 heteroatoms. The van der Waals surface area contributed by atoms with Gasteiger partial charge in [0.05, 0.1) is 24.3 Å². The van der Waals surface area contributed by atoms with Crippen molar-refractivity contribution in [1.82, 2.24) is 23.9 Å². The van der Waals surface area contributed by atoms with E-state index in [-0.39, 0.29) is 12.5 Å². The monoisotopic (exact) mass is 384 g/mol. The molecule has 0 saturated carbocycles. The highest BCUT2D eigenvalue weighted by atomic mass is 32.2. The van der Waals surface area contributed by atoms with Gasteiger partial charge in [0.1, 0.15) is 11.3 Å². The Bertz CT molecular complexity index is 849. The number of sulfonamides is 1. The lowest BCUT2D eigenvalue weighted by atomic mass is 10.1. The van der Waals surface area contributed by atoms with Crippen molar-refractivity contribution in [3.8, 4) is 0 Å². The molecule has 2 aromatic rings. The van der Waals surface area contributed by atoms with E-state index < -0.39 is 16.1 Å². The van der Waals surface area contributed by atoms with Gasteiger partial charge in [0.15, 0.2) is 0 Å². The number of hydrogen-bond donors (Lipinski definition) is 2. The van der Waals surface area contributed by atoms with Crippen LogP contribution >= 0.6 is 0 Å². The van der Waals surface area contributed by atoms with Crippen LogP contribution in [0.5, 0.6) is 0 Å². The number of aromatic nitrogens is 4. The molecule has 1 saturated heterocycles. The molecule has 9 nitrogen and oxygen atoms in total. The highest BCUT2D eigenvalue weighted by Crippen LogP contribution is 2.14. The molecule has 0 bridgehead atoms. The van der Waals surface area contributed by atoms with Crippen LogP contribution in [0.2, 0.25) is 0 Å². The van der Waals surface area contributed by atoms with E-state index in [9.17, 15) is 8.42 Å². The first-order valence-electron chi connectivity index (χ1n) is 8.67. The van der Waals surface area contributed by atoms with Crippen molar-refractivity contribution in [3.63, 3.8) is 0 Å². The van der Waals surface area contributed by atoms with Crippen LogP contribution in [0.4, 0.5) is 5.95 Å². The number of β-amino-alcohol motifs (C(OH)–C–C–N with tert-alkyl or cyclic N) is 1. The summed E-state index contributed by atoms with van der Waals surface area (Å²) in [6.07, 6.45) is 4.78. The summed E-state index contributed by atoms with van der Waals surface area (Å²) in [4.78, 5) is 8.44. The molecule has 0 amide bonds. The number of rotatable bonds is 3. The number of anilines is 1. The molecule has 1 aliphatic heterocycles. The van der Waals surface area contributed by atoms with Gasteiger partial charge in [-0.25, -0.2) is 22.9 Å². The number of aliphatic hydroxyl groups is 1. The largest absolute Gasteiger partial charge is 0.392 e. The van der Waals surface area contributed by atoms with Crippen LogP contribution in [-0.4, -0.2) is 62.9 Å².